The van der Waals surface area contributed by atoms with Crippen molar-refractivity contribution in [1.29, 1.82) is 0 Å². The summed E-state index contributed by atoms with van der Waals surface area (Å²) >= 11 is 3.38. The Bertz CT molecular complexity index is 1670. The second kappa shape index (κ2) is 10.1. The summed E-state index contributed by atoms with van der Waals surface area (Å²) in [7, 11) is 1.34. The number of anilines is 1. The fraction of sp³-hybridized carbons (Fsp3) is 0.103. The summed E-state index contributed by atoms with van der Waals surface area (Å²) in [6, 6.07) is 19.1. The molecule has 9 heteroatoms. The van der Waals surface area contributed by atoms with Gasteiger partial charge in [-0.3, -0.25) is 14.9 Å². The molecule has 0 radical (unpaired) electrons. The third kappa shape index (κ3) is 4.64. The van der Waals surface area contributed by atoms with Crippen molar-refractivity contribution in [3.8, 4) is 0 Å². The first-order chi connectivity index (χ1) is 18.3. The molecule has 4 amide bonds. The molecule has 1 aromatic heterocycles. The second-order valence-electron chi connectivity index (χ2n) is 8.81. The van der Waals surface area contributed by atoms with Crippen molar-refractivity contribution in [3.05, 3.63) is 105 Å². The van der Waals surface area contributed by atoms with Gasteiger partial charge in [-0.25, -0.2) is 14.5 Å². The molecule has 1 N–H and O–H groups in total. The molecule has 0 saturated carbocycles. The average molecular weight is 572 g/mol. The Morgan fingerprint density at radius 3 is 2.58 bits per heavy atom. The van der Waals surface area contributed by atoms with Gasteiger partial charge in [0, 0.05) is 33.7 Å². The van der Waals surface area contributed by atoms with Crippen molar-refractivity contribution in [1.82, 2.24) is 9.88 Å². The molecule has 8 nitrogen and oxygen atoms in total. The number of nitrogens with zero attached hydrogens (tertiary/aromatic N) is 2. The number of rotatable bonds is 5. The van der Waals surface area contributed by atoms with E-state index in [2.05, 4.69) is 21.2 Å². The summed E-state index contributed by atoms with van der Waals surface area (Å²) in [5.41, 5.74) is 3.78. The van der Waals surface area contributed by atoms with Crippen LogP contribution in [0.5, 0.6) is 0 Å². The number of halogens is 1. The van der Waals surface area contributed by atoms with Crippen LogP contribution < -0.4 is 10.2 Å². The highest BCUT2D eigenvalue weighted by Gasteiger charge is 2.37. The number of methoxy groups -OCH3 is 1. The van der Waals surface area contributed by atoms with Gasteiger partial charge in [0.25, 0.3) is 11.8 Å². The standard InChI is InChI=1S/C29H22BrN3O5/c1-17-12-21(30)10-11-24(17)33-27(35)23(26(34)31-29(33)37)14-20-16-32(25-9-4-3-8-22(20)25)15-18-6-5-7-19(13-18)28(36)38-2/h3-14,16H,15H2,1-2H3,(H,31,34,37)/b23-14+. The Morgan fingerprint density at radius 1 is 1.03 bits per heavy atom. The second-order valence-corrected chi connectivity index (χ2v) is 9.73. The number of carbonyl (C=O) groups excluding carboxylic acids is 4. The average Bonchev–Trinajstić information content (AvgIpc) is 3.24. The van der Waals surface area contributed by atoms with Crippen molar-refractivity contribution in [2.24, 2.45) is 0 Å². The molecule has 0 bridgehead atoms. The maximum absolute atomic E-state index is 13.5. The van der Waals surface area contributed by atoms with Gasteiger partial charge in [-0.15, -0.1) is 0 Å². The molecule has 1 fully saturated rings. The number of barbiturate groups is 1. The number of hydrogen-bond acceptors (Lipinski definition) is 5. The number of benzene rings is 3. The quantitative estimate of drug-likeness (QED) is 0.201. The molecule has 0 atom stereocenters. The van der Waals surface area contributed by atoms with Crippen LogP contribution in [0.1, 0.15) is 27.0 Å². The zero-order valence-corrected chi connectivity index (χ0v) is 22.1. The lowest BCUT2D eigenvalue weighted by molar-refractivity contribution is -0.122. The SMILES string of the molecule is COC(=O)c1cccc(Cn2cc(/C=C3\C(=O)NC(=O)N(c4ccc(Br)cc4C)C3=O)c3ccccc32)c1. The van der Waals surface area contributed by atoms with E-state index in [-0.39, 0.29) is 5.57 Å². The molecule has 0 spiro atoms. The molecule has 3 aromatic carbocycles. The molecule has 38 heavy (non-hydrogen) atoms. The van der Waals surface area contributed by atoms with Crippen molar-refractivity contribution in [2.45, 2.75) is 13.5 Å². The normalized spacial score (nSPS) is 14.8. The van der Waals surface area contributed by atoms with E-state index in [0.717, 1.165) is 25.8 Å². The van der Waals surface area contributed by atoms with E-state index in [9.17, 15) is 19.2 Å². The van der Waals surface area contributed by atoms with Crippen LogP contribution in [0.2, 0.25) is 0 Å². The number of hydrogen-bond donors (Lipinski definition) is 1. The molecule has 5 rings (SSSR count). The van der Waals surface area contributed by atoms with Crippen LogP contribution in [0, 0.1) is 6.92 Å². The molecule has 4 aromatic rings. The van der Waals surface area contributed by atoms with Crippen LogP contribution in [-0.2, 0) is 20.9 Å². The highest BCUT2D eigenvalue weighted by Crippen LogP contribution is 2.29. The van der Waals surface area contributed by atoms with Crippen LogP contribution in [0.25, 0.3) is 17.0 Å². The van der Waals surface area contributed by atoms with Gasteiger partial charge in [0.1, 0.15) is 5.57 Å². The number of carbonyl (C=O) groups is 4. The van der Waals surface area contributed by atoms with Gasteiger partial charge in [-0.1, -0.05) is 46.3 Å². The van der Waals surface area contributed by atoms with Gasteiger partial charge in [0.2, 0.25) is 0 Å². The third-order valence-corrected chi connectivity index (χ3v) is 6.81. The number of esters is 1. The molecular formula is C29H22BrN3O5. The van der Waals surface area contributed by atoms with Gasteiger partial charge >= 0.3 is 12.0 Å². The minimum atomic E-state index is -0.796. The Balaban J connectivity index is 1.55. The van der Waals surface area contributed by atoms with Crippen LogP contribution in [0.15, 0.2) is 83.0 Å². The van der Waals surface area contributed by atoms with E-state index in [1.807, 2.05) is 41.1 Å². The van der Waals surface area contributed by atoms with Gasteiger partial charge in [-0.2, -0.15) is 0 Å². The molecule has 0 aliphatic carbocycles. The molecule has 2 heterocycles. The van der Waals surface area contributed by atoms with Crippen molar-refractivity contribution in [2.75, 3.05) is 12.0 Å². The molecular weight excluding hydrogens is 550 g/mol. The zero-order chi connectivity index (χ0) is 27.0. The van der Waals surface area contributed by atoms with Crippen LogP contribution in [-0.4, -0.2) is 35.5 Å². The molecule has 1 aliphatic rings. The predicted molar refractivity (Wildman–Crippen MR) is 147 cm³/mol. The van der Waals surface area contributed by atoms with E-state index < -0.39 is 23.8 Å². The molecule has 1 aliphatic heterocycles. The summed E-state index contributed by atoms with van der Waals surface area (Å²) < 4.78 is 7.61. The lowest BCUT2D eigenvalue weighted by Crippen LogP contribution is -2.54. The number of aryl methyl sites for hydroxylation is 1. The summed E-state index contributed by atoms with van der Waals surface area (Å²) in [4.78, 5) is 51.9. The lowest BCUT2D eigenvalue weighted by Gasteiger charge is -2.27. The number of ether oxygens (including phenoxy) is 1. The van der Waals surface area contributed by atoms with E-state index >= 15 is 0 Å². The fourth-order valence-electron chi connectivity index (χ4n) is 4.53. The first kappa shape index (κ1) is 25.2. The Labute approximate surface area is 226 Å². The summed E-state index contributed by atoms with van der Waals surface area (Å²) in [5, 5.41) is 3.11. The third-order valence-electron chi connectivity index (χ3n) is 6.32. The van der Waals surface area contributed by atoms with Crippen molar-refractivity contribution >= 4 is 62.4 Å². The maximum Gasteiger partial charge on any atom is 0.337 e. The minimum absolute atomic E-state index is 0.150. The fourth-order valence-corrected chi connectivity index (χ4v) is 5.01. The first-order valence-corrected chi connectivity index (χ1v) is 12.5. The monoisotopic (exact) mass is 571 g/mol. The highest BCUT2D eigenvalue weighted by atomic mass is 79.9. The molecule has 1 saturated heterocycles. The van der Waals surface area contributed by atoms with Crippen LogP contribution >= 0.6 is 15.9 Å². The minimum Gasteiger partial charge on any atom is -0.465 e. The Hall–Kier alpha value is -4.50. The van der Waals surface area contributed by atoms with Crippen LogP contribution in [0.3, 0.4) is 0 Å². The number of urea groups is 1. The van der Waals surface area contributed by atoms with E-state index in [1.54, 1.807) is 43.3 Å². The molecule has 0 unspecified atom stereocenters. The van der Waals surface area contributed by atoms with Crippen molar-refractivity contribution < 1.29 is 23.9 Å². The number of imide groups is 2. The summed E-state index contributed by atoms with van der Waals surface area (Å²) in [6.07, 6.45) is 3.35. The Morgan fingerprint density at radius 2 is 1.82 bits per heavy atom. The van der Waals surface area contributed by atoms with E-state index in [4.69, 9.17) is 4.74 Å². The van der Waals surface area contributed by atoms with E-state index in [1.165, 1.54) is 13.2 Å². The number of fused-ring (bicyclic) bond motifs is 1. The van der Waals surface area contributed by atoms with Gasteiger partial charge in [0.15, 0.2) is 0 Å². The number of nitrogens with one attached hydrogen (secondary N) is 1. The van der Waals surface area contributed by atoms with Gasteiger partial charge < -0.3 is 9.30 Å². The zero-order valence-electron chi connectivity index (χ0n) is 20.5. The van der Waals surface area contributed by atoms with E-state index in [0.29, 0.717) is 28.9 Å². The Kier molecular flexibility index (Phi) is 6.69. The maximum atomic E-state index is 13.5. The summed E-state index contributed by atoms with van der Waals surface area (Å²) in [5.74, 6) is -1.88. The van der Waals surface area contributed by atoms with Gasteiger partial charge in [0.05, 0.1) is 18.4 Å². The van der Waals surface area contributed by atoms with Gasteiger partial charge in [-0.05, 0) is 60.5 Å². The smallest absolute Gasteiger partial charge is 0.337 e. The lowest BCUT2D eigenvalue weighted by atomic mass is 10.1. The first-order valence-electron chi connectivity index (χ1n) is 11.7. The predicted octanol–water partition coefficient (Wildman–Crippen LogP) is 5.21. The largest absolute Gasteiger partial charge is 0.465 e. The highest BCUT2D eigenvalue weighted by molar-refractivity contribution is 9.10. The summed E-state index contributed by atoms with van der Waals surface area (Å²) in [6.45, 7) is 2.22. The number of amides is 4. The number of para-hydroxylation sites is 1. The van der Waals surface area contributed by atoms with Crippen LogP contribution in [0.4, 0.5) is 10.5 Å². The van der Waals surface area contributed by atoms with Crippen molar-refractivity contribution in [3.63, 3.8) is 0 Å². The molecule has 190 valence electrons. The number of aromatic nitrogens is 1. The topological polar surface area (TPSA) is 97.7 Å².